The molecule has 0 bridgehead atoms. The summed E-state index contributed by atoms with van der Waals surface area (Å²) in [7, 11) is 0. The molecule has 0 radical (unpaired) electrons. The molecule has 0 aromatic heterocycles. The fourth-order valence-corrected chi connectivity index (χ4v) is 3.64. The normalized spacial score (nSPS) is 15.0. The number of benzene rings is 2. The molecule has 0 unspecified atom stereocenters. The molecule has 124 valence electrons. The molecule has 0 N–H and O–H groups in total. The Kier molecular flexibility index (Phi) is 4.21. The first-order valence-corrected chi connectivity index (χ1v) is 8.80. The zero-order chi connectivity index (χ0) is 17.5. The van der Waals surface area contributed by atoms with Crippen molar-refractivity contribution in [3.05, 3.63) is 64.7 Å². The predicted octanol–water partition coefficient (Wildman–Crippen LogP) is 6.50. The first-order chi connectivity index (χ1) is 11.3. The van der Waals surface area contributed by atoms with E-state index in [0.717, 1.165) is 29.5 Å². The summed E-state index contributed by atoms with van der Waals surface area (Å²) < 4.78 is 0. The first kappa shape index (κ1) is 16.7. The summed E-state index contributed by atoms with van der Waals surface area (Å²) in [5, 5.41) is 2.46. The number of aryl methyl sites for hydroxylation is 1. The van der Waals surface area contributed by atoms with Crippen LogP contribution in [0.5, 0.6) is 0 Å². The number of carbonyl (C=O) groups is 1. The molecule has 0 amide bonds. The third-order valence-corrected chi connectivity index (χ3v) is 4.73. The van der Waals surface area contributed by atoms with E-state index < -0.39 is 0 Å². The van der Waals surface area contributed by atoms with Gasteiger partial charge in [0, 0.05) is 11.1 Å². The minimum Gasteiger partial charge on any atom is -0.289 e. The molecule has 0 aliphatic heterocycles. The van der Waals surface area contributed by atoms with E-state index in [-0.39, 0.29) is 11.2 Å². The van der Waals surface area contributed by atoms with Gasteiger partial charge in [0.2, 0.25) is 0 Å². The van der Waals surface area contributed by atoms with Crippen LogP contribution >= 0.6 is 0 Å². The Balaban J connectivity index is 2.19. The standard InChI is InChI=1S/C23H26O/c1-6-16-18(12-9-13-23(3,4)5)21-19-11-8-7-10-17(19)15(2)14-20(21)22(16)24/h7-11,13-14H,6,12H2,1-5H3/b13-9-. The lowest BCUT2D eigenvalue weighted by Crippen LogP contribution is -1.98. The van der Waals surface area contributed by atoms with Gasteiger partial charge in [0.05, 0.1) is 0 Å². The van der Waals surface area contributed by atoms with E-state index in [9.17, 15) is 4.79 Å². The molecular weight excluding hydrogens is 292 g/mol. The van der Waals surface area contributed by atoms with Gasteiger partial charge in [0.25, 0.3) is 0 Å². The third-order valence-electron chi connectivity index (χ3n) is 4.73. The van der Waals surface area contributed by atoms with Crippen molar-refractivity contribution < 1.29 is 4.79 Å². The van der Waals surface area contributed by atoms with Crippen LogP contribution in [0, 0.1) is 12.3 Å². The van der Waals surface area contributed by atoms with Gasteiger partial charge in [-0.2, -0.15) is 0 Å². The Bertz CT molecular complexity index is 873. The lowest BCUT2D eigenvalue weighted by molar-refractivity contribution is 0.103. The molecule has 0 fully saturated rings. The zero-order valence-electron chi connectivity index (χ0n) is 15.4. The Morgan fingerprint density at radius 3 is 2.33 bits per heavy atom. The van der Waals surface area contributed by atoms with Gasteiger partial charge in [-0.05, 0) is 58.7 Å². The first-order valence-electron chi connectivity index (χ1n) is 8.80. The van der Waals surface area contributed by atoms with Crippen LogP contribution in [0.15, 0.2) is 48.1 Å². The average molecular weight is 318 g/mol. The van der Waals surface area contributed by atoms with E-state index in [0.29, 0.717) is 0 Å². The molecule has 0 spiro atoms. The number of fused-ring (bicyclic) bond motifs is 3. The number of hydrogen-bond acceptors (Lipinski definition) is 1. The van der Waals surface area contributed by atoms with Crippen molar-refractivity contribution in [1.29, 1.82) is 0 Å². The minimum atomic E-state index is 0.160. The smallest absolute Gasteiger partial charge is 0.189 e. The van der Waals surface area contributed by atoms with Gasteiger partial charge in [-0.25, -0.2) is 0 Å². The summed E-state index contributed by atoms with van der Waals surface area (Å²) in [6.07, 6.45) is 6.08. The molecule has 24 heavy (non-hydrogen) atoms. The van der Waals surface area contributed by atoms with Crippen LogP contribution in [0.4, 0.5) is 0 Å². The van der Waals surface area contributed by atoms with Crippen molar-refractivity contribution >= 4 is 22.1 Å². The number of carbonyl (C=O) groups excluding carboxylic acids is 1. The number of rotatable bonds is 3. The molecule has 0 saturated heterocycles. The van der Waals surface area contributed by atoms with Gasteiger partial charge in [-0.3, -0.25) is 4.79 Å². The van der Waals surface area contributed by atoms with Crippen molar-refractivity contribution in [2.45, 2.75) is 47.5 Å². The minimum absolute atomic E-state index is 0.160. The fraction of sp³-hybridized carbons (Fsp3) is 0.348. The summed E-state index contributed by atoms with van der Waals surface area (Å²) in [5.74, 6) is 0.223. The second kappa shape index (κ2) is 6.05. The van der Waals surface area contributed by atoms with Crippen LogP contribution < -0.4 is 0 Å². The van der Waals surface area contributed by atoms with Crippen LogP contribution in [-0.2, 0) is 0 Å². The predicted molar refractivity (Wildman–Crippen MR) is 103 cm³/mol. The molecule has 0 saturated carbocycles. The van der Waals surface area contributed by atoms with E-state index in [1.54, 1.807) is 0 Å². The van der Waals surface area contributed by atoms with E-state index in [2.05, 4.69) is 77.1 Å². The molecule has 1 nitrogen and oxygen atoms in total. The van der Waals surface area contributed by atoms with E-state index in [1.807, 2.05) is 0 Å². The van der Waals surface area contributed by atoms with E-state index in [4.69, 9.17) is 0 Å². The van der Waals surface area contributed by atoms with Gasteiger partial charge < -0.3 is 0 Å². The van der Waals surface area contributed by atoms with Crippen LogP contribution in [0.25, 0.3) is 16.3 Å². The summed E-state index contributed by atoms with van der Waals surface area (Å²) in [6.45, 7) is 10.8. The van der Waals surface area contributed by atoms with Crippen LogP contribution in [0.2, 0.25) is 0 Å². The van der Waals surface area contributed by atoms with Gasteiger partial charge in [-0.1, -0.05) is 64.1 Å². The summed E-state index contributed by atoms with van der Waals surface area (Å²) >= 11 is 0. The Morgan fingerprint density at radius 1 is 1.04 bits per heavy atom. The summed E-state index contributed by atoms with van der Waals surface area (Å²) in [5.41, 5.74) is 5.60. The maximum absolute atomic E-state index is 12.9. The van der Waals surface area contributed by atoms with Crippen LogP contribution in [0.3, 0.4) is 0 Å². The van der Waals surface area contributed by atoms with Crippen molar-refractivity contribution in [3.8, 4) is 0 Å². The molecule has 0 heterocycles. The maximum atomic E-state index is 12.9. The molecule has 1 aliphatic carbocycles. The number of hydrogen-bond donors (Lipinski definition) is 0. The van der Waals surface area contributed by atoms with E-state index in [1.165, 1.54) is 21.9 Å². The SMILES string of the molecule is CCC1=C(C/C=C\C(C)(C)C)c2c(cc(C)c3ccccc23)C1=O. The topological polar surface area (TPSA) is 17.1 Å². The van der Waals surface area contributed by atoms with Crippen LogP contribution in [-0.4, -0.2) is 5.78 Å². The van der Waals surface area contributed by atoms with E-state index >= 15 is 0 Å². The highest BCUT2D eigenvalue weighted by Gasteiger charge is 2.29. The van der Waals surface area contributed by atoms with Crippen molar-refractivity contribution in [2.24, 2.45) is 5.41 Å². The summed E-state index contributed by atoms with van der Waals surface area (Å²) in [4.78, 5) is 12.9. The molecular formula is C23H26O. The highest BCUT2D eigenvalue weighted by atomic mass is 16.1. The van der Waals surface area contributed by atoms with Crippen molar-refractivity contribution in [2.75, 3.05) is 0 Å². The molecule has 3 rings (SSSR count). The number of ketones is 1. The monoisotopic (exact) mass is 318 g/mol. The Morgan fingerprint density at radius 2 is 1.71 bits per heavy atom. The number of Topliss-reactive ketones (excluding diaryl/α,β-unsaturated/α-hetero) is 1. The Hall–Kier alpha value is -2.15. The van der Waals surface area contributed by atoms with Gasteiger partial charge in [0.15, 0.2) is 5.78 Å². The fourth-order valence-electron chi connectivity index (χ4n) is 3.64. The second-order valence-electron chi connectivity index (χ2n) is 7.77. The molecule has 2 aromatic rings. The van der Waals surface area contributed by atoms with Crippen LogP contribution in [0.1, 0.15) is 62.0 Å². The zero-order valence-corrected chi connectivity index (χ0v) is 15.4. The molecule has 2 aromatic carbocycles. The molecule has 1 heteroatoms. The highest BCUT2D eigenvalue weighted by Crippen LogP contribution is 2.42. The lowest BCUT2D eigenvalue weighted by atomic mass is 9.91. The third kappa shape index (κ3) is 2.84. The van der Waals surface area contributed by atoms with Gasteiger partial charge >= 0.3 is 0 Å². The maximum Gasteiger partial charge on any atom is 0.189 e. The molecule has 0 atom stereocenters. The van der Waals surface area contributed by atoms with Gasteiger partial charge in [0.1, 0.15) is 0 Å². The average Bonchev–Trinajstić information content (AvgIpc) is 2.78. The highest BCUT2D eigenvalue weighted by molar-refractivity contribution is 6.24. The summed E-state index contributed by atoms with van der Waals surface area (Å²) in [6, 6.07) is 10.5. The Labute approximate surface area is 145 Å². The quantitative estimate of drug-likeness (QED) is 0.590. The largest absolute Gasteiger partial charge is 0.289 e. The van der Waals surface area contributed by atoms with Crippen molar-refractivity contribution in [3.63, 3.8) is 0 Å². The van der Waals surface area contributed by atoms with Gasteiger partial charge in [-0.15, -0.1) is 0 Å². The number of allylic oxidation sites excluding steroid dienone is 4. The van der Waals surface area contributed by atoms with Crippen molar-refractivity contribution in [1.82, 2.24) is 0 Å². The second-order valence-corrected chi connectivity index (χ2v) is 7.77. The lowest BCUT2D eigenvalue weighted by Gasteiger charge is -2.13. The molecule has 1 aliphatic rings.